The first-order valence-electron chi connectivity index (χ1n) is 7.28. The van der Waals surface area contributed by atoms with E-state index < -0.39 is 0 Å². The van der Waals surface area contributed by atoms with Crippen LogP contribution in [0.1, 0.15) is 5.56 Å². The van der Waals surface area contributed by atoms with Crippen LogP contribution in [0.15, 0.2) is 28.1 Å². The Morgan fingerprint density at radius 3 is 2.65 bits per heavy atom. The Morgan fingerprint density at radius 2 is 1.96 bits per heavy atom. The van der Waals surface area contributed by atoms with E-state index in [1.165, 1.54) is 11.8 Å². The molecule has 2 aliphatic rings. The number of carbonyl (C=O) groups is 1. The van der Waals surface area contributed by atoms with Gasteiger partial charge in [-0.3, -0.25) is 4.79 Å². The first-order valence-corrected chi connectivity index (χ1v) is 8.10. The smallest absolute Gasteiger partial charge is 0.286 e. The predicted molar refractivity (Wildman–Crippen MR) is 89.9 cm³/mol. The Bertz CT molecular complexity index is 666. The summed E-state index contributed by atoms with van der Waals surface area (Å²) in [6.07, 6.45) is 1.83. The van der Waals surface area contributed by atoms with Crippen molar-refractivity contribution >= 4 is 28.9 Å². The molecule has 1 saturated heterocycles. The number of ether oxygens (including phenoxy) is 3. The largest absolute Gasteiger partial charge is 0.493 e. The van der Waals surface area contributed by atoms with Gasteiger partial charge in [0.1, 0.15) is 0 Å². The summed E-state index contributed by atoms with van der Waals surface area (Å²) in [5.74, 6) is 1.09. The molecule has 3 rings (SSSR count). The molecule has 2 aliphatic heterocycles. The number of methoxy groups -OCH3 is 2. The standard InChI is InChI=1S/C16H18N2O4S/c1-20-12-4-3-11(9-13(12)21-2)10-14-15(19)17-16(23-14)18-5-7-22-8-6-18/h3-4,9-10H,5-8H2,1-2H3/b14-10+. The van der Waals surface area contributed by atoms with Gasteiger partial charge in [-0.15, -0.1) is 0 Å². The van der Waals surface area contributed by atoms with Crippen LogP contribution in [0.2, 0.25) is 0 Å². The number of hydrogen-bond acceptors (Lipinski definition) is 6. The summed E-state index contributed by atoms with van der Waals surface area (Å²) in [5.41, 5.74) is 0.872. The van der Waals surface area contributed by atoms with Gasteiger partial charge in [0.2, 0.25) is 0 Å². The van der Waals surface area contributed by atoms with E-state index in [0.717, 1.165) is 23.8 Å². The third kappa shape index (κ3) is 3.51. The fourth-order valence-corrected chi connectivity index (χ4v) is 3.35. The summed E-state index contributed by atoms with van der Waals surface area (Å²) in [5, 5.41) is 0.755. The molecule has 1 aromatic rings. The van der Waals surface area contributed by atoms with Crippen LogP contribution >= 0.6 is 11.8 Å². The quantitative estimate of drug-likeness (QED) is 0.788. The third-order valence-electron chi connectivity index (χ3n) is 3.60. The zero-order valence-electron chi connectivity index (χ0n) is 13.1. The maximum atomic E-state index is 12.1. The first kappa shape index (κ1) is 15.9. The van der Waals surface area contributed by atoms with Crippen LogP contribution in [-0.4, -0.2) is 56.5 Å². The summed E-state index contributed by atoms with van der Waals surface area (Å²) < 4.78 is 15.8. The average molecular weight is 334 g/mol. The third-order valence-corrected chi connectivity index (χ3v) is 4.64. The van der Waals surface area contributed by atoms with Crippen LogP contribution in [0.4, 0.5) is 0 Å². The summed E-state index contributed by atoms with van der Waals surface area (Å²) in [4.78, 5) is 19.0. The highest BCUT2D eigenvalue weighted by Crippen LogP contribution is 2.33. The van der Waals surface area contributed by atoms with Crippen molar-refractivity contribution in [2.24, 2.45) is 4.99 Å². The SMILES string of the molecule is COc1ccc(/C=C2/SC(N3CCOCC3)=NC2=O)cc1OC. The summed E-state index contributed by atoms with van der Waals surface area (Å²) >= 11 is 1.40. The zero-order chi connectivity index (χ0) is 16.2. The summed E-state index contributed by atoms with van der Waals surface area (Å²) in [7, 11) is 3.18. The molecule has 0 aromatic heterocycles. The zero-order valence-corrected chi connectivity index (χ0v) is 13.9. The number of carbonyl (C=O) groups excluding carboxylic acids is 1. The Hall–Kier alpha value is -1.99. The fraction of sp³-hybridized carbons (Fsp3) is 0.375. The molecule has 0 spiro atoms. The molecular weight excluding hydrogens is 316 g/mol. The second-order valence-corrected chi connectivity index (χ2v) is 6.03. The second kappa shape index (κ2) is 7.06. The van der Waals surface area contributed by atoms with Crippen molar-refractivity contribution in [3.05, 3.63) is 28.7 Å². The molecular formula is C16H18N2O4S. The van der Waals surface area contributed by atoms with Crippen LogP contribution in [0.5, 0.6) is 11.5 Å². The van der Waals surface area contributed by atoms with Gasteiger partial charge in [-0.05, 0) is 35.5 Å². The monoisotopic (exact) mass is 334 g/mol. The van der Waals surface area contributed by atoms with Gasteiger partial charge in [-0.1, -0.05) is 6.07 Å². The van der Waals surface area contributed by atoms with Crippen molar-refractivity contribution in [3.8, 4) is 11.5 Å². The molecule has 6 nitrogen and oxygen atoms in total. The number of aliphatic imine (C=N–C) groups is 1. The van der Waals surface area contributed by atoms with Crippen LogP contribution in [0, 0.1) is 0 Å². The number of thioether (sulfide) groups is 1. The van der Waals surface area contributed by atoms with Crippen LogP contribution in [0.25, 0.3) is 6.08 Å². The number of rotatable bonds is 3. The normalized spacial score (nSPS) is 19.9. The number of amidine groups is 1. The van der Waals surface area contributed by atoms with Crippen molar-refractivity contribution in [3.63, 3.8) is 0 Å². The van der Waals surface area contributed by atoms with Crippen LogP contribution < -0.4 is 9.47 Å². The lowest BCUT2D eigenvalue weighted by atomic mass is 10.2. The minimum absolute atomic E-state index is 0.203. The maximum Gasteiger partial charge on any atom is 0.286 e. The van der Waals surface area contributed by atoms with Crippen molar-refractivity contribution in [2.45, 2.75) is 0 Å². The van der Waals surface area contributed by atoms with Gasteiger partial charge in [0.15, 0.2) is 16.7 Å². The first-order chi connectivity index (χ1) is 11.2. The van der Waals surface area contributed by atoms with E-state index in [2.05, 4.69) is 9.89 Å². The van der Waals surface area contributed by atoms with Gasteiger partial charge < -0.3 is 19.1 Å². The van der Waals surface area contributed by atoms with E-state index in [1.807, 2.05) is 24.3 Å². The van der Waals surface area contributed by atoms with E-state index in [9.17, 15) is 4.79 Å². The topological polar surface area (TPSA) is 60.4 Å². The van der Waals surface area contributed by atoms with E-state index >= 15 is 0 Å². The number of benzene rings is 1. The second-order valence-electron chi connectivity index (χ2n) is 5.02. The minimum Gasteiger partial charge on any atom is -0.493 e. The maximum absolute atomic E-state index is 12.1. The van der Waals surface area contributed by atoms with Gasteiger partial charge in [0.05, 0.1) is 32.3 Å². The molecule has 0 atom stereocenters. The Kier molecular flexibility index (Phi) is 4.88. The lowest BCUT2D eigenvalue weighted by Gasteiger charge is -2.27. The molecule has 0 N–H and O–H groups in total. The van der Waals surface area contributed by atoms with E-state index in [-0.39, 0.29) is 5.91 Å². The molecule has 0 saturated carbocycles. The Morgan fingerprint density at radius 1 is 1.22 bits per heavy atom. The fourth-order valence-electron chi connectivity index (χ4n) is 2.38. The van der Waals surface area contributed by atoms with Crippen molar-refractivity contribution in [2.75, 3.05) is 40.5 Å². The minimum atomic E-state index is -0.203. The molecule has 0 unspecified atom stereocenters. The number of amides is 1. The highest BCUT2D eigenvalue weighted by molar-refractivity contribution is 8.18. The molecule has 0 aliphatic carbocycles. The number of hydrogen-bond donors (Lipinski definition) is 0. The lowest BCUT2D eigenvalue weighted by Crippen LogP contribution is -2.38. The van der Waals surface area contributed by atoms with E-state index in [4.69, 9.17) is 14.2 Å². The van der Waals surface area contributed by atoms with Gasteiger partial charge in [-0.2, -0.15) is 4.99 Å². The molecule has 122 valence electrons. The molecule has 7 heteroatoms. The van der Waals surface area contributed by atoms with Gasteiger partial charge in [0, 0.05) is 13.1 Å². The van der Waals surface area contributed by atoms with Crippen molar-refractivity contribution < 1.29 is 19.0 Å². The summed E-state index contributed by atoms with van der Waals surface area (Å²) in [6.45, 7) is 2.87. The molecule has 0 radical (unpaired) electrons. The van der Waals surface area contributed by atoms with Crippen LogP contribution in [-0.2, 0) is 9.53 Å². The molecule has 1 fully saturated rings. The molecule has 0 bridgehead atoms. The molecule has 1 aromatic carbocycles. The summed E-state index contributed by atoms with van der Waals surface area (Å²) in [6, 6.07) is 5.54. The highest BCUT2D eigenvalue weighted by atomic mass is 32.2. The van der Waals surface area contributed by atoms with Crippen molar-refractivity contribution in [1.29, 1.82) is 0 Å². The molecule has 2 heterocycles. The average Bonchev–Trinajstić information content (AvgIpc) is 2.96. The Balaban J connectivity index is 1.77. The number of morpholine rings is 1. The van der Waals surface area contributed by atoms with Gasteiger partial charge in [0.25, 0.3) is 5.91 Å². The Labute approximate surface area is 139 Å². The predicted octanol–water partition coefficient (Wildman–Crippen LogP) is 2.01. The van der Waals surface area contributed by atoms with E-state index in [0.29, 0.717) is 29.6 Å². The van der Waals surface area contributed by atoms with Crippen LogP contribution in [0.3, 0.4) is 0 Å². The van der Waals surface area contributed by atoms with E-state index in [1.54, 1.807) is 14.2 Å². The molecule has 1 amide bonds. The van der Waals surface area contributed by atoms with Gasteiger partial charge in [-0.25, -0.2) is 0 Å². The highest BCUT2D eigenvalue weighted by Gasteiger charge is 2.27. The molecule has 23 heavy (non-hydrogen) atoms. The van der Waals surface area contributed by atoms with Gasteiger partial charge >= 0.3 is 0 Å². The number of nitrogens with zero attached hydrogens (tertiary/aromatic N) is 2. The lowest BCUT2D eigenvalue weighted by molar-refractivity contribution is -0.113. The van der Waals surface area contributed by atoms with Crippen molar-refractivity contribution in [1.82, 2.24) is 4.90 Å².